The van der Waals surface area contributed by atoms with Gasteiger partial charge in [-0.25, -0.2) is 0 Å². The highest BCUT2D eigenvalue weighted by Crippen LogP contribution is 2.30. The van der Waals surface area contributed by atoms with Gasteiger partial charge in [0.25, 0.3) is 0 Å². The van der Waals surface area contributed by atoms with Gasteiger partial charge in [0.2, 0.25) is 0 Å². The maximum Gasteiger partial charge on any atom is 0.118 e. The van der Waals surface area contributed by atoms with E-state index in [0.717, 1.165) is 24.3 Å². The summed E-state index contributed by atoms with van der Waals surface area (Å²) in [4.78, 5) is 2.69. The predicted molar refractivity (Wildman–Crippen MR) is 89.3 cm³/mol. The molecule has 1 saturated carbocycles. The summed E-state index contributed by atoms with van der Waals surface area (Å²) in [5.74, 6) is 1.78. The number of halogens is 1. The van der Waals surface area contributed by atoms with Gasteiger partial charge in [0.15, 0.2) is 0 Å². The molecule has 1 aromatic rings. The molecule has 2 fully saturated rings. The fourth-order valence-corrected chi connectivity index (χ4v) is 3.16. The van der Waals surface area contributed by atoms with Crippen molar-refractivity contribution in [3.8, 4) is 5.75 Å². The third-order valence-corrected chi connectivity index (χ3v) is 4.50. The summed E-state index contributed by atoms with van der Waals surface area (Å²) < 4.78 is 5.23. The SMILES string of the molecule is COc1ccc(CN(CC2CCCNC2)C2CC2)cc1.Cl. The summed E-state index contributed by atoms with van der Waals surface area (Å²) in [5.41, 5.74) is 1.40. The van der Waals surface area contributed by atoms with Crippen LogP contribution >= 0.6 is 12.4 Å². The molecule has 0 radical (unpaired) electrons. The fraction of sp³-hybridized carbons (Fsp3) is 0.647. The molecule has 21 heavy (non-hydrogen) atoms. The Morgan fingerprint density at radius 1 is 1.19 bits per heavy atom. The molecule has 1 unspecified atom stereocenters. The van der Waals surface area contributed by atoms with E-state index in [2.05, 4.69) is 34.5 Å². The maximum absolute atomic E-state index is 5.23. The molecule has 1 N–H and O–H groups in total. The summed E-state index contributed by atoms with van der Waals surface area (Å²) in [7, 11) is 1.72. The lowest BCUT2D eigenvalue weighted by Gasteiger charge is -2.30. The average Bonchev–Trinajstić information content (AvgIpc) is 3.33. The molecule has 0 bridgehead atoms. The normalized spacial score (nSPS) is 21.9. The van der Waals surface area contributed by atoms with Crippen LogP contribution in [-0.4, -0.2) is 37.7 Å². The first-order chi connectivity index (χ1) is 9.85. The largest absolute Gasteiger partial charge is 0.497 e. The summed E-state index contributed by atoms with van der Waals surface area (Å²) in [5, 5.41) is 3.54. The molecule has 0 spiro atoms. The van der Waals surface area contributed by atoms with Crippen molar-refractivity contribution in [2.24, 2.45) is 5.92 Å². The highest BCUT2D eigenvalue weighted by atomic mass is 35.5. The summed E-state index contributed by atoms with van der Waals surface area (Å²) in [6.07, 6.45) is 5.50. The minimum absolute atomic E-state index is 0. The van der Waals surface area contributed by atoms with Gasteiger partial charge in [-0.2, -0.15) is 0 Å². The Balaban J connectivity index is 0.00000161. The van der Waals surface area contributed by atoms with Gasteiger partial charge in [0, 0.05) is 19.1 Å². The van der Waals surface area contributed by atoms with E-state index in [9.17, 15) is 0 Å². The zero-order chi connectivity index (χ0) is 13.8. The number of hydrogen-bond donors (Lipinski definition) is 1. The van der Waals surface area contributed by atoms with Gasteiger partial charge in [-0.3, -0.25) is 4.90 Å². The van der Waals surface area contributed by atoms with Crippen LogP contribution in [-0.2, 0) is 6.54 Å². The Hall–Kier alpha value is -0.770. The second-order valence-corrected chi connectivity index (χ2v) is 6.22. The van der Waals surface area contributed by atoms with Crippen LogP contribution < -0.4 is 10.1 Å². The smallest absolute Gasteiger partial charge is 0.118 e. The molecule has 1 saturated heterocycles. The van der Waals surface area contributed by atoms with Crippen LogP contribution in [0.4, 0.5) is 0 Å². The number of piperidine rings is 1. The molecule has 1 aromatic carbocycles. The molecule has 1 atom stereocenters. The minimum atomic E-state index is 0. The first-order valence-corrected chi connectivity index (χ1v) is 7.93. The molecular weight excluding hydrogens is 284 g/mol. The lowest BCUT2D eigenvalue weighted by molar-refractivity contribution is 0.192. The van der Waals surface area contributed by atoms with Crippen LogP contribution in [0.1, 0.15) is 31.2 Å². The van der Waals surface area contributed by atoms with E-state index >= 15 is 0 Å². The van der Waals surface area contributed by atoms with Gasteiger partial charge < -0.3 is 10.1 Å². The number of rotatable bonds is 6. The van der Waals surface area contributed by atoms with E-state index in [0.29, 0.717) is 0 Å². The van der Waals surface area contributed by atoms with Crippen molar-refractivity contribution in [1.29, 1.82) is 0 Å². The van der Waals surface area contributed by atoms with Gasteiger partial charge in [-0.05, 0) is 62.4 Å². The van der Waals surface area contributed by atoms with Crippen LogP contribution in [0.25, 0.3) is 0 Å². The summed E-state index contributed by atoms with van der Waals surface area (Å²) in [6.45, 7) is 4.75. The van der Waals surface area contributed by atoms with Gasteiger partial charge in [0.05, 0.1) is 7.11 Å². The summed E-state index contributed by atoms with van der Waals surface area (Å²) >= 11 is 0. The molecular formula is C17H27ClN2O. The fourth-order valence-electron chi connectivity index (χ4n) is 3.16. The van der Waals surface area contributed by atoms with Crippen molar-refractivity contribution in [3.05, 3.63) is 29.8 Å². The minimum Gasteiger partial charge on any atom is -0.497 e. The molecule has 2 aliphatic rings. The molecule has 3 nitrogen and oxygen atoms in total. The topological polar surface area (TPSA) is 24.5 Å². The first-order valence-electron chi connectivity index (χ1n) is 7.93. The van der Waals surface area contributed by atoms with E-state index in [1.807, 2.05) is 0 Å². The van der Waals surface area contributed by atoms with Crippen molar-refractivity contribution < 1.29 is 4.74 Å². The molecule has 0 aromatic heterocycles. The maximum atomic E-state index is 5.23. The van der Waals surface area contributed by atoms with E-state index in [1.54, 1.807) is 7.11 Å². The number of ether oxygens (including phenoxy) is 1. The van der Waals surface area contributed by atoms with E-state index < -0.39 is 0 Å². The number of benzene rings is 1. The van der Waals surface area contributed by atoms with Crippen LogP contribution in [0.3, 0.4) is 0 Å². The van der Waals surface area contributed by atoms with Gasteiger partial charge in [-0.1, -0.05) is 12.1 Å². The Bertz CT molecular complexity index is 413. The Morgan fingerprint density at radius 3 is 2.52 bits per heavy atom. The average molecular weight is 311 g/mol. The highest BCUT2D eigenvalue weighted by Gasteiger charge is 2.30. The van der Waals surface area contributed by atoms with E-state index in [1.165, 1.54) is 50.9 Å². The van der Waals surface area contributed by atoms with Crippen molar-refractivity contribution in [1.82, 2.24) is 10.2 Å². The van der Waals surface area contributed by atoms with Crippen molar-refractivity contribution >= 4 is 12.4 Å². The van der Waals surface area contributed by atoms with Gasteiger partial charge >= 0.3 is 0 Å². The number of methoxy groups -OCH3 is 1. The van der Waals surface area contributed by atoms with Crippen LogP contribution in [0.2, 0.25) is 0 Å². The first kappa shape index (κ1) is 16.6. The second kappa shape index (κ2) is 8.02. The van der Waals surface area contributed by atoms with Crippen LogP contribution in [0.15, 0.2) is 24.3 Å². The van der Waals surface area contributed by atoms with Crippen molar-refractivity contribution in [2.45, 2.75) is 38.3 Å². The molecule has 1 aliphatic heterocycles. The van der Waals surface area contributed by atoms with Gasteiger partial charge in [-0.15, -0.1) is 12.4 Å². The lowest BCUT2D eigenvalue weighted by atomic mass is 9.98. The quantitative estimate of drug-likeness (QED) is 0.874. The number of nitrogens with one attached hydrogen (secondary N) is 1. The highest BCUT2D eigenvalue weighted by molar-refractivity contribution is 5.85. The Kier molecular flexibility index (Phi) is 6.34. The molecule has 1 heterocycles. The van der Waals surface area contributed by atoms with Crippen LogP contribution in [0, 0.1) is 5.92 Å². The molecule has 0 amide bonds. The van der Waals surface area contributed by atoms with Crippen molar-refractivity contribution in [2.75, 3.05) is 26.7 Å². The third-order valence-electron chi connectivity index (χ3n) is 4.50. The second-order valence-electron chi connectivity index (χ2n) is 6.22. The molecule has 1 aliphatic carbocycles. The van der Waals surface area contributed by atoms with Gasteiger partial charge in [0.1, 0.15) is 5.75 Å². The van der Waals surface area contributed by atoms with Crippen LogP contribution in [0.5, 0.6) is 5.75 Å². The zero-order valence-corrected chi connectivity index (χ0v) is 13.7. The van der Waals surface area contributed by atoms with Crippen molar-refractivity contribution in [3.63, 3.8) is 0 Å². The van der Waals surface area contributed by atoms with E-state index in [4.69, 9.17) is 4.74 Å². The van der Waals surface area contributed by atoms with E-state index in [-0.39, 0.29) is 12.4 Å². The lowest BCUT2D eigenvalue weighted by Crippen LogP contribution is -2.39. The Labute approximate surface area is 134 Å². The zero-order valence-electron chi connectivity index (χ0n) is 12.9. The standard InChI is InChI=1S/C17H26N2O.ClH/c1-20-17-8-4-14(5-9-17)12-19(16-6-7-16)13-15-3-2-10-18-11-15;/h4-5,8-9,15-16,18H,2-3,6-7,10-13H2,1H3;1H. The summed E-state index contributed by atoms with van der Waals surface area (Å²) in [6, 6.07) is 9.38. The number of hydrogen-bond acceptors (Lipinski definition) is 3. The monoisotopic (exact) mass is 310 g/mol. The number of nitrogens with zero attached hydrogens (tertiary/aromatic N) is 1. The third kappa shape index (κ3) is 4.87. The molecule has 4 heteroatoms. The Morgan fingerprint density at radius 2 is 1.95 bits per heavy atom. The molecule has 3 rings (SSSR count). The molecule has 118 valence electrons. The predicted octanol–water partition coefficient (Wildman–Crippen LogP) is 3.08.